The number of rotatable bonds is 7. The van der Waals surface area contributed by atoms with Crippen LogP contribution in [0.25, 0.3) is 0 Å². The molecule has 5 heteroatoms. The SMILES string of the molecule is Cc1cc(OCCCC(C)N2C=CC(C)(C3CCCC3)C=N2)n(C)n1. The lowest BCUT2D eigenvalue weighted by molar-refractivity contribution is 0.233. The fraction of sp³-hybridized carbons (Fsp3) is 0.700. The summed E-state index contributed by atoms with van der Waals surface area (Å²) in [4.78, 5) is 0. The van der Waals surface area contributed by atoms with E-state index in [0.717, 1.165) is 30.3 Å². The van der Waals surface area contributed by atoms with Crippen LogP contribution >= 0.6 is 0 Å². The standard InChI is InChI=1S/C20H32N4O/c1-16-14-19(23(4)22-16)25-13-7-8-17(2)24-12-11-20(3,15-21-24)18-9-5-6-10-18/h11-12,14-15,17-18H,5-10,13H2,1-4H3. The quantitative estimate of drug-likeness (QED) is 0.693. The Bertz CT molecular complexity index is 614. The number of ether oxygens (including phenoxy) is 1. The molecule has 1 aromatic rings. The van der Waals surface area contributed by atoms with Gasteiger partial charge in [0, 0.05) is 37.0 Å². The van der Waals surface area contributed by atoms with E-state index in [0.29, 0.717) is 12.6 Å². The molecule has 0 aromatic carbocycles. The molecule has 1 saturated carbocycles. The lowest BCUT2D eigenvalue weighted by atomic mass is 9.76. The molecule has 0 amide bonds. The normalized spacial score (nSPS) is 24.9. The molecule has 3 rings (SSSR count). The second-order valence-corrected chi connectivity index (χ2v) is 7.87. The minimum absolute atomic E-state index is 0.146. The fourth-order valence-electron chi connectivity index (χ4n) is 3.97. The Kier molecular flexibility index (Phi) is 5.50. The van der Waals surface area contributed by atoms with Crippen molar-refractivity contribution in [3.05, 3.63) is 24.0 Å². The molecule has 2 atom stereocenters. The van der Waals surface area contributed by atoms with Crippen molar-refractivity contribution in [2.24, 2.45) is 23.5 Å². The molecule has 1 aliphatic carbocycles. The Balaban J connectivity index is 1.42. The highest BCUT2D eigenvalue weighted by Gasteiger charge is 2.34. The smallest absolute Gasteiger partial charge is 0.211 e. The van der Waals surface area contributed by atoms with Crippen LogP contribution in [0.3, 0.4) is 0 Å². The van der Waals surface area contributed by atoms with Crippen LogP contribution < -0.4 is 4.74 Å². The third-order valence-corrected chi connectivity index (χ3v) is 5.72. The number of aromatic nitrogens is 2. The van der Waals surface area contributed by atoms with Gasteiger partial charge < -0.3 is 4.74 Å². The Morgan fingerprint density at radius 1 is 1.36 bits per heavy atom. The Labute approximate surface area is 151 Å². The first-order chi connectivity index (χ1) is 12.0. The molecular formula is C20H32N4O. The van der Waals surface area contributed by atoms with E-state index >= 15 is 0 Å². The van der Waals surface area contributed by atoms with Gasteiger partial charge in [0.05, 0.1) is 12.3 Å². The van der Waals surface area contributed by atoms with Crippen LogP contribution in [0.5, 0.6) is 5.88 Å². The number of hydrogen-bond donors (Lipinski definition) is 0. The predicted molar refractivity (Wildman–Crippen MR) is 102 cm³/mol. The molecule has 25 heavy (non-hydrogen) atoms. The molecule has 0 bridgehead atoms. The molecule has 0 radical (unpaired) electrons. The van der Waals surface area contributed by atoms with E-state index in [-0.39, 0.29) is 5.41 Å². The van der Waals surface area contributed by atoms with Crippen LogP contribution in [0.2, 0.25) is 0 Å². The highest BCUT2D eigenvalue weighted by atomic mass is 16.5. The van der Waals surface area contributed by atoms with Crippen LogP contribution in [0, 0.1) is 18.3 Å². The molecule has 5 nitrogen and oxygen atoms in total. The first-order valence-electron chi connectivity index (χ1n) is 9.64. The lowest BCUT2D eigenvalue weighted by Crippen LogP contribution is -2.33. The second-order valence-electron chi connectivity index (χ2n) is 7.87. The fourth-order valence-corrected chi connectivity index (χ4v) is 3.97. The number of aryl methyl sites for hydroxylation is 2. The zero-order chi connectivity index (χ0) is 17.9. The van der Waals surface area contributed by atoms with E-state index in [4.69, 9.17) is 9.84 Å². The molecule has 1 fully saturated rings. The second kappa shape index (κ2) is 7.63. The molecule has 2 unspecified atom stereocenters. The minimum Gasteiger partial charge on any atom is -0.478 e. The summed E-state index contributed by atoms with van der Waals surface area (Å²) in [5.41, 5.74) is 1.14. The van der Waals surface area contributed by atoms with Gasteiger partial charge in [-0.3, -0.25) is 5.01 Å². The van der Waals surface area contributed by atoms with E-state index in [1.54, 1.807) is 4.68 Å². The van der Waals surface area contributed by atoms with Crippen molar-refractivity contribution < 1.29 is 4.74 Å². The summed E-state index contributed by atoms with van der Waals surface area (Å²) < 4.78 is 7.61. The molecule has 138 valence electrons. The van der Waals surface area contributed by atoms with Crippen molar-refractivity contribution in [3.8, 4) is 5.88 Å². The molecule has 0 spiro atoms. The summed E-state index contributed by atoms with van der Waals surface area (Å²) >= 11 is 0. The number of hydrogen-bond acceptors (Lipinski definition) is 4. The number of allylic oxidation sites excluding steroid dienone is 1. The van der Waals surface area contributed by atoms with E-state index < -0.39 is 0 Å². The summed E-state index contributed by atoms with van der Waals surface area (Å²) in [6, 6.07) is 2.36. The Morgan fingerprint density at radius 3 is 2.72 bits per heavy atom. The summed E-state index contributed by atoms with van der Waals surface area (Å²) in [7, 11) is 1.92. The molecule has 2 aliphatic rings. The van der Waals surface area contributed by atoms with Crippen LogP contribution in [-0.2, 0) is 7.05 Å². The van der Waals surface area contributed by atoms with Gasteiger partial charge in [-0.2, -0.15) is 10.2 Å². The topological polar surface area (TPSA) is 42.6 Å². The first-order valence-corrected chi connectivity index (χ1v) is 9.64. The van der Waals surface area contributed by atoms with Crippen molar-refractivity contribution in [2.45, 2.75) is 65.3 Å². The van der Waals surface area contributed by atoms with Gasteiger partial charge in [-0.1, -0.05) is 25.8 Å². The molecule has 1 aliphatic heterocycles. The van der Waals surface area contributed by atoms with Crippen LogP contribution in [0.4, 0.5) is 0 Å². The maximum absolute atomic E-state index is 5.82. The van der Waals surface area contributed by atoms with E-state index in [1.165, 1.54) is 25.7 Å². The third kappa shape index (κ3) is 4.25. The highest BCUT2D eigenvalue weighted by molar-refractivity contribution is 5.69. The van der Waals surface area contributed by atoms with E-state index in [2.05, 4.69) is 42.4 Å². The first kappa shape index (κ1) is 18.0. The monoisotopic (exact) mass is 344 g/mol. The van der Waals surface area contributed by atoms with Gasteiger partial charge in [-0.05, 0) is 45.4 Å². The third-order valence-electron chi connectivity index (χ3n) is 5.72. The predicted octanol–water partition coefficient (Wildman–Crippen LogP) is 4.29. The van der Waals surface area contributed by atoms with Crippen LogP contribution in [0.15, 0.2) is 23.4 Å². The Hall–Kier alpha value is -1.78. The molecule has 1 aromatic heterocycles. The van der Waals surface area contributed by atoms with Crippen molar-refractivity contribution in [1.82, 2.24) is 14.8 Å². The summed E-state index contributed by atoms with van der Waals surface area (Å²) in [6.45, 7) is 7.25. The number of nitrogens with zero attached hydrogens (tertiary/aromatic N) is 4. The van der Waals surface area contributed by atoms with Crippen LogP contribution in [0.1, 0.15) is 58.1 Å². The van der Waals surface area contributed by atoms with Crippen molar-refractivity contribution in [2.75, 3.05) is 6.61 Å². The van der Waals surface area contributed by atoms with Gasteiger partial charge in [-0.25, -0.2) is 4.68 Å². The van der Waals surface area contributed by atoms with Crippen LogP contribution in [-0.4, -0.2) is 33.7 Å². The summed E-state index contributed by atoms with van der Waals surface area (Å²) in [5.74, 6) is 1.61. The maximum atomic E-state index is 5.82. The summed E-state index contributed by atoms with van der Waals surface area (Å²) in [6.07, 6.45) is 14.2. The molecule has 2 heterocycles. The zero-order valence-corrected chi connectivity index (χ0v) is 16.1. The molecule has 0 N–H and O–H groups in total. The van der Waals surface area contributed by atoms with Crippen molar-refractivity contribution >= 4 is 6.21 Å². The minimum atomic E-state index is 0.146. The average molecular weight is 345 g/mol. The average Bonchev–Trinajstić information content (AvgIpc) is 3.22. The Morgan fingerprint density at radius 2 is 2.12 bits per heavy atom. The van der Waals surface area contributed by atoms with Crippen molar-refractivity contribution in [1.29, 1.82) is 0 Å². The lowest BCUT2D eigenvalue weighted by Gasteiger charge is -2.34. The zero-order valence-electron chi connectivity index (χ0n) is 16.1. The molecule has 0 saturated heterocycles. The largest absolute Gasteiger partial charge is 0.478 e. The highest BCUT2D eigenvalue weighted by Crippen LogP contribution is 2.41. The maximum Gasteiger partial charge on any atom is 0.211 e. The van der Waals surface area contributed by atoms with Gasteiger partial charge in [0.1, 0.15) is 0 Å². The summed E-state index contributed by atoms with van der Waals surface area (Å²) in [5, 5.41) is 11.1. The van der Waals surface area contributed by atoms with Gasteiger partial charge >= 0.3 is 0 Å². The van der Waals surface area contributed by atoms with Gasteiger partial charge in [-0.15, -0.1) is 0 Å². The van der Waals surface area contributed by atoms with Crippen molar-refractivity contribution in [3.63, 3.8) is 0 Å². The van der Waals surface area contributed by atoms with E-state index in [9.17, 15) is 0 Å². The number of hydrazone groups is 1. The van der Waals surface area contributed by atoms with Gasteiger partial charge in [0.15, 0.2) is 0 Å². The van der Waals surface area contributed by atoms with E-state index in [1.807, 2.05) is 20.0 Å². The van der Waals surface area contributed by atoms with Gasteiger partial charge in [0.2, 0.25) is 5.88 Å². The van der Waals surface area contributed by atoms with Gasteiger partial charge in [0.25, 0.3) is 0 Å². The molecular weight excluding hydrogens is 312 g/mol.